The van der Waals surface area contributed by atoms with Crippen LogP contribution < -0.4 is 0 Å². The van der Waals surface area contributed by atoms with Crippen molar-refractivity contribution in [2.24, 2.45) is 5.92 Å². The molecule has 1 fully saturated rings. The largest absolute Gasteiger partial charge is 0.0984 e. The van der Waals surface area contributed by atoms with Crippen LogP contribution in [0.15, 0.2) is 12.2 Å². The van der Waals surface area contributed by atoms with Crippen molar-refractivity contribution in [1.29, 1.82) is 0 Å². The standard InChI is InChI=1S/C19H24/c1-5-16-13(3)17-7-6-8-18(17)14(4)19(16)11-12(2)15-9-10-15/h5,11,15H,1,6-10H2,2-4H3/b12-11+. The minimum atomic E-state index is 0.852. The quantitative estimate of drug-likeness (QED) is 0.689. The van der Waals surface area contributed by atoms with Crippen molar-refractivity contribution < 1.29 is 0 Å². The zero-order valence-corrected chi connectivity index (χ0v) is 12.5. The topological polar surface area (TPSA) is 0 Å². The van der Waals surface area contributed by atoms with Gasteiger partial charge in [-0.3, -0.25) is 0 Å². The third kappa shape index (κ3) is 2.08. The molecule has 0 heterocycles. The zero-order valence-electron chi connectivity index (χ0n) is 12.5. The second-order valence-electron chi connectivity index (χ2n) is 6.25. The second kappa shape index (κ2) is 4.67. The van der Waals surface area contributed by atoms with Gasteiger partial charge in [-0.15, -0.1) is 0 Å². The van der Waals surface area contributed by atoms with Crippen molar-refractivity contribution in [2.75, 3.05) is 0 Å². The SMILES string of the molecule is C=Cc1c(C)c2c(c(C)c1/C=C(\C)C1CC1)CCC2. The van der Waals surface area contributed by atoms with Gasteiger partial charge in [0.05, 0.1) is 0 Å². The van der Waals surface area contributed by atoms with Crippen LogP contribution in [0.5, 0.6) is 0 Å². The molecule has 0 N–H and O–H groups in total. The number of rotatable bonds is 3. The molecule has 2 aliphatic carbocycles. The van der Waals surface area contributed by atoms with Crippen molar-refractivity contribution >= 4 is 12.2 Å². The summed E-state index contributed by atoms with van der Waals surface area (Å²) in [6.07, 6.45) is 11.1. The highest BCUT2D eigenvalue weighted by atomic mass is 14.3. The average molecular weight is 252 g/mol. The van der Waals surface area contributed by atoms with Gasteiger partial charge in [-0.25, -0.2) is 0 Å². The normalized spacial score (nSPS) is 18.6. The molecule has 0 unspecified atom stereocenters. The molecule has 0 atom stereocenters. The molecule has 0 aromatic heterocycles. The van der Waals surface area contributed by atoms with E-state index >= 15 is 0 Å². The number of benzene rings is 1. The van der Waals surface area contributed by atoms with Crippen molar-refractivity contribution in [2.45, 2.75) is 52.9 Å². The summed E-state index contributed by atoms with van der Waals surface area (Å²) >= 11 is 0. The summed E-state index contributed by atoms with van der Waals surface area (Å²) in [5, 5.41) is 0. The van der Waals surface area contributed by atoms with Crippen LogP contribution in [0.2, 0.25) is 0 Å². The van der Waals surface area contributed by atoms with E-state index in [1.54, 1.807) is 16.7 Å². The molecule has 0 spiro atoms. The van der Waals surface area contributed by atoms with Gasteiger partial charge in [-0.2, -0.15) is 0 Å². The summed E-state index contributed by atoms with van der Waals surface area (Å²) < 4.78 is 0. The van der Waals surface area contributed by atoms with Crippen molar-refractivity contribution in [1.82, 2.24) is 0 Å². The van der Waals surface area contributed by atoms with Crippen LogP contribution >= 0.6 is 0 Å². The van der Waals surface area contributed by atoms with Gasteiger partial charge >= 0.3 is 0 Å². The van der Waals surface area contributed by atoms with Gasteiger partial charge in [0.15, 0.2) is 0 Å². The molecule has 2 aliphatic rings. The lowest BCUT2D eigenvalue weighted by atomic mass is 9.88. The fraction of sp³-hybridized carbons (Fsp3) is 0.474. The minimum Gasteiger partial charge on any atom is -0.0984 e. The van der Waals surface area contributed by atoms with E-state index in [2.05, 4.69) is 39.5 Å². The lowest BCUT2D eigenvalue weighted by molar-refractivity contribution is 0.907. The van der Waals surface area contributed by atoms with Gasteiger partial charge in [-0.1, -0.05) is 24.3 Å². The Hall–Kier alpha value is -1.30. The molecular formula is C19H24. The summed E-state index contributed by atoms with van der Waals surface area (Å²) in [4.78, 5) is 0. The Kier molecular flexibility index (Phi) is 3.12. The number of allylic oxidation sites excluding steroid dienone is 1. The predicted octanol–water partition coefficient (Wildman–Crippen LogP) is 5.25. The Morgan fingerprint density at radius 1 is 1.05 bits per heavy atom. The first-order valence-electron chi connectivity index (χ1n) is 7.59. The molecule has 0 heteroatoms. The van der Waals surface area contributed by atoms with Crippen molar-refractivity contribution in [3.63, 3.8) is 0 Å². The van der Waals surface area contributed by atoms with Gasteiger partial charge in [0.2, 0.25) is 0 Å². The Balaban J connectivity index is 2.19. The maximum absolute atomic E-state index is 4.06. The predicted molar refractivity (Wildman–Crippen MR) is 84.4 cm³/mol. The van der Waals surface area contributed by atoms with E-state index in [1.807, 2.05) is 0 Å². The molecule has 3 rings (SSSR count). The van der Waals surface area contributed by atoms with Crippen LogP contribution in [0.4, 0.5) is 0 Å². The van der Waals surface area contributed by atoms with Crippen LogP contribution in [0.3, 0.4) is 0 Å². The zero-order chi connectivity index (χ0) is 13.6. The maximum Gasteiger partial charge on any atom is -0.0150 e. The van der Waals surface area contributed by atoms with Crippen LogP contribution in [0.1, 0.15) is 59.6 Å². The molecule has 19 heavy (non-hydrogen) atoms. The fourth-order valence-corrected chi connectivity index (χ4v) is 3.63. The van der Waals surface area contributed by atoms with Crippen LogP contribution in [-0.2, 0) is 12.8 Å². The van der Waals surface area contributed by atoms with Crippen LogP contribution in [0.25, 0.3) is 12.2 Å². The fourth-order valence-electron chi connectivity index (χ4n) is 3.63. The van der Waals surface area contributed by atoms with E-state index in [0.29, 0.717) is 0 Å². The van der Waals surface area contributed by atoms with E-state index in [-0.39, 0.29) is 0 Å². The molecule has 0 nitrogen and oxygen atoms in total. The first-order valence-corrected chi connectivity index (χ1v) is 7.59. The number of hydrogen-bond acceptors (Lipinski definition) is 0. The van der Waals surface area contributed by atoms with Gasteiger partial charge < -0.3 is 0 Å². The summed E-state index contributed by atoms with van der Waals surface area (Å²) in [6, 6.07) is 0. The third-order valence-electron chi connectivity index (χ3n) is 5.02. The molecule has 100 valence electrons. The van der Waals surface area contributed by atoms with E-state index in [0.717, 1.165) is 5.92 Å². The first-order chi connectivity index (χ1) is 9.13. The van der Waals surface area contributed by atoms with Gasteiger partial charge in [-0.05, 0) is 92.2 Å². The minimum absolute atomic E-state index is 0.852. The number of hydrogen-bond donors (Lipinski definition) is 0. The molecule has 0 amide bonds. The Bertz CT molecular complexity index is 568. The van der Waals surface area contributed by atoms with Crippen molar-refractivity contribution in [3.05, 3.63) is 45.5 Å². The summed E-state index contributed by atoms with van der Waals surface area (Å²) in [6.45, 7) is 10.9. The lowest BCUT2D eigenvalue weighted by Crippen LogP contribution is -2.00. The molecule has 1 aromatic rings. The highest BCUT2D eigenvalue weighted by Crippen LogP contribution is 2.40. The highest BCUT2D eigenvalue weighted by Gasteiger charge is 2.25. The third-order valence-corrected chi connectivity index (χ3v) is 5.02. The van der Waals surface area contributed by atoms with Gasteiger partial charge in [0.1, 0.15) is 0 Å². The van der Waals surface area contributed by atoms with E-state index < -0.39 is 0 Å². The van der Waals surface area contributed by atoms with Gasteiger partial charge in [0.25, 0.3) is 0 Å². The maximum atomic E-state index is 4.06. The molecular weight excluding hydrogens is 228 g/mol. The smallest absolute Gasteiger partial charge is 0.0150 e. The van der Waals surface area contributed by atoms with Gasteiger partial charge in [0, 0.05) is 0 Å². The van der Waals surface area contributed by atoms with Crippen LogP contribution in [-0.4, -0.2) is 0 Å². The molecule has 0 radical (unpaired) electrons. The first kappa shape index (κ1) is 12.7. The Morgan fingerprint density at radius 2 is 1.63 bits per heavy atom. The molecule has 0 bridgehead atoms. The summed E-state index contributed by atoms with van der Waals surface area (Å²) in [7, 11) is 0. The lowest BCUT2D eigenvalue weighted by Gasteiger charge is -2.17. The molecule has 0 saturated heterocycles. The van der Waals surface area contributed by atoms with E-state index in [1.165, 1.54) is 54.4 Å². The molecule has 1 aromatic carbocycles. The van der Waals surface area contributed by atoms with E-state index in [4.69, 9.17) is 0 Å². The number of fused-ring (bicyclic) bond motifs is 1. The van der Waals surface area contributed by atoms with Crippen LogP contribution in [0, 0.1) is 19.8 Å². The Morgan fingerprint density at radius 3 is 2.16 bits per heavy atom. The van der Waals surface area contributed by atoms with Crippen molar-refractivity contribution in [3.8, 4) is 0 Å². The molecule has 1 saturated carbocycles. The summed E-state index contributed by atoms with van der Waals surface area (Å²) in [5.74, 6) is 0.852. The second-order valence-corrected chi connectivity index (χ2v) is 6.25. The molecule has 0 aliphatic heterocycles. The Labute approximate surface area is 117 Å². The van der Waals surface area contributed by atoms with E-state index in [9.17, 15) is 0 Å². The average Bonchev–Trinajstić information content (AvgIpc) is 3.13. The monoisotopic (exact) mass is 252 g/mol. The summed E-state index contributed by atoms with van der Waals surface area (Å²) in [5.41, 5.74) is 10.6. The highest BCUT2D eigenvalue weighted by molar-refractivity contribution is 5.74.